The van der Waals surface area contributed by atoms with Gasteiger partial charge in [-0.05, 0) is 32.1 Å². The molecule has 1 saturated carbocycles. The Hall–Kier alpha value is -1.10. The lowest BCUT2D eigenvalue weighted by atomic mass is 9.79. The molecule has 0 aromatic carbocycles. The van der Waals surface area contributed by atoms with Crippen LogP contribution in [0, 0.1) is 5.92 Å². The minimum absolute atomic E-state index is 0.172. The topological polar surface area (TPSA) is 65.1 Å². The number of ether oxygens (including phenoxy) is 3. The highest BCUT2D eigenvalue weighted by atomic mass is 16.7. The van der Waals surface area contributed by atoms with E-state index >= 15 is 0 Å². The molecule has 252 valence electrons. The minimum Gasteiger partial charge on any atom is -0.465 e. The van der Waals surface area contributed by atoms with Crippen molar-refractivity contribution in [1.29, 1.82) is 0 Å². The van der Waals surface area contributed by atoms with E-state index < -0.39 is 11.5 Å². The Balaban J connectivity index is 1.46. The van der Waals surface area contributed by atoms with Crippen molar-refractivity contribution in [1.82, 2.24) is 0 Å². The Kier molecular flexibility index (Phi) is 22.3. The van der Waals surface area contributed by atoms with Crippen LogP contribution in [0.25, 0.3) is 0 Å². The lowest BCUT2D eigenvalue weighted by Crippen LogP contribution is -2.44. The second kappa shape index (κ2) is 25.1. The van der Waals surface area contributed by atoms with Crippen LogP contribution in [0.4, 0.5) is 0 Å². The molecule has 0 aromatic heterocycles. The van der Waals surface area contributed by atoms with Crippen LogP contribution in [-0.2, 0) is 23.8 Å². The van der Waals surface area contributed by atoms with Gasteiger partial charge in [0.2, 0.25) is 5.60 Å². The summed E-state index contributed by atoms with van der Waals surface area (Å²) in [4.78, 5) is 26.0. The Morgan fingerprint density at radius 1 is 0.535 bits per heavy atom. The molecular formula is C38H70O5. The van der Waals surface area contributed by atoms with Crippen molar-refractivity contribution in [3.05, 3.63) is 0 Å². The first-order valence-corrected chi connectivity index (χ1v) is 19.2. The van der Waals surface area contributed by atoms with Crippen LogP contribution in [-0.4, -0.2) is 36.9 Å². The predicted molar refractivity (Wildman–Crippen MR) is 178 cm³/mol. The Bertz CT molecular complexity index is 694. The number of fused-ring (bicyclic) bond motifs is 1. The largest absolute Gasteiger partial charge is 0.465 e. The van der Waals surface area contributed by atoms with Crippen LogP contribution in [0.3, 0.4) is 0 Å². The number of carbonyl (C=O) groups is 2. The molecule has 1 aliphatic carbocycles. The summed E-state index contributed by atoms with van der Waals surface area (Å²) >= 11 is 0. The standard InChI is InChI=1S/C38H70O5/c1-3-5-7-9-11-13-15-17-19-21-23-25-27-32-41-36(39)34-30-29-31-35-38(34,43-35)37(40)42-33-28-26-24-22-20-18-16-14-12-10-8-6-4-2/h34-35H,3-33H2,1-2H3. The molecule has 5 nitrogen and oxygen atoms in total. The van der Waals surface area contributed by atoms with Crippen molar-refractivity contribution in [2.45, 2.75) is 212 Å². The van der Waals surface area contributed by atoms with Gasteiger partial charge >= 0.3 is 11.9 Å². The van der Waals surface area contributed by atoms with E-state index in [-0.39, 0.29) is 18.0 Å². The number of carbonyl (C=O) groups excluding carboxylic acids is 2. The summed E-state index contributed by atoms with van der Waals surface area (Å²) in [6, 6.07) is 0. The molecule has 0 aromatic rings. The maximum atomic E-state index is 13.0. The third-order valence-corrected chi connectivity index (χ3v) is 9.81. The molecule has 2 aliphatic rings. The highest BCUT2D eigenvalue weighted by Gasteiger charge is 2.71. The van der Waals surface area contributed by atoms with Gasteiger partial charge in [0.15, 0.2) is 0 Å². The van der Waals surface area contributed by atoms with Gasteiger partial charge in [-0.15, -0.1) is 0 Å². The van der Waals surface area contributed by atoms with Gasteiger partial charge in [0.1, 0.15) is 0 Å². The van der Waals surface area contributed by atoms with Crippen LogP contribution >= 0.6 is 0 Å². The lowest BCUT2D eigenvalue weighted by Gasteiger charge is -2.25. The summed E-state index contributed by atoms with van der Waals surface area (Å²) in [6.07, 6.45) is 35.8. The number of hydrogen-bond acceptors (Lipinski definition) is 5. The van der Waals surface area contributed by atoms with Gasteiger partial charge in [-0.3, -0.25) is 4.79 Å². The zero-order valence-corrected chi connectivity index (χ0v) is 28.6. The molecule has 0 radical (unpaired) electrons. The maximum absolute atomic E-state index is 13.0. The SMILES string of the molecule is CCCCCCCCCCCCCCCOC(=O)C1CCCC2OC21C(=O)OCCCCCCCCCCCCCCC. The second-order valence-corrected chi connectivity index (χ2v) is 13.7. The first-order chi connectivity index (χ1) is 21.2. The molecule has 1 heterocycles. The number of hydrogen-bond donors (Lipinski definition) is 0. The van der Waals surface area contributed by atoms with Crippen LogP contribution in [0.15, 0.2) is 0 Å². The first kappa shape index (κ1) is 38.1. The van der Waals surface area contributed by atoms with Gasteiger partial charge in [-0.25, -0.2) is 4.79 Å². The maximum Gasteiger partial charge on any atom is 0.342 e. The Morgan fingerprint density at radius 2 is 0.907 bits per heavy atom. The molecule has 1 aliphatic heterocycles. The molecule has 0 bridgehead atoms. The van der Waals surface area contributed by atoms with Crippen LogP contribution < -0.4 is 0 Å². The van der Waals surface area contributed by atoms with Crippen molar-refractivity contribution in [2.75, 3.05) is 13.2 Å². The van der Waals surface area contributed by atoms with Gasteiger partial charge in [0.25, 0.3) is 0 Å². The monoisotopic (exact) mass is 607 g/mol. The van der Waals surface area contributed by atoms with E-state index in [4.69, 9.17) is 14.2 Å². The van der Waals surface area contributed by atoms with E-state index in [9.17, 15) is 9.59 Å². The fraction of sp³-hybridized carbons (Fsp3) is 0.947. The van der Waals surface area contributed by atoms with E-state index in [2.05, 4.69) is 13.8 Å². The quantitative estimate of drug-likeness (QED) is 0.0462. The summed E-state index contributed by atoms with van der Waals surface area (Å²) in [5, 5.41) is 0. The third-order valence-electron chi connectivity index (χ3n) is 9.81. The zero-order chi connectivity index (χ0) is 30.9. The van der Waals surface area contributed by atoms with Crippen molar-refractivity contribution in [3.63, 3.8) is 0 Å². The second-order valence-electron chi connectivity index (χ2n) is 13.7. The molecule has 0 amide bonds. The molecule has 2 fully saturated rings. The van der Waals surface area contributed by atoms with E-state index in [1.54, 1.807) is 0 Å². The van der Waals surface area contributed by atoms with Gasteiger partial charge in [0, 0.05) is 0 Å². The zero-order valence-electron chi connectivity index (χ0n) is 28.6. The molecule has 1 saturated heterocycles. The van der Waals surface area contributed by atoms with Crippen molar-refractivity contribution < 1.29 is 23.8 Å². The number of epoxide rings is 1. The predicted octanol–water partition coefficient (Wildman–Crippen LogP) is 11.2. The van der Waals surface area contributed by atoms with E-state index in [1.807, 2.05) is 0 Å². The summed E-state index contributed by atoms with van der Waals surface area (Å²) in [5.41, 5.74) is -1.07. The molecule has 2 rings (SSSR count). The van der Waals surface area contributed by atoms with Crippen molar-refractivity contribution in [2.24, 2.45) is 5.92 Å². The highest BCUT2D eigenvalue weighted by Crippen LogP contribution is 2.52. The van der Waals surface area contributed by atoms with Crippen molar-refractivity contribution >= 4 is 11.9 Å². The minimum atomic E-state index is -1.07. The summed E-state index contributed by atoms with van der Waals surface area (Å²) in [7, 11) is 0. The van der Waals surface area contributed by atoms with Crippen LogP contribution in [0.1, 0.15) is 200 Å². The van der Waals surface area contributed by atoms with Gasteiger partial charge < -0.3 is 14.2 Å². The molecule has 3 atom stereocenters. The smallest absolute Gasteiger partial charge is 0.342 e. The normalized spacial score (nSPS) is 21.0. The Labute approximate surface area is 266 Å². The average molecular weight is 607 g/mol. The number of rotatable bonds is 30. The van der Waals surface area contributed by atoms with E-state index in [0.717, 1.165) is 38.5 Å². The molecule has 0 spiro atoms. The fourth-order valence-corrected chi connectivity index (χ4v) is 6.91. The molecular weight excluding hydrogens is 536 g/mol. The highest BCUT2D eigenvalue weighted by molar-refractivity contribution is 5.91. The average Bonchev–Trinajstić information content (AvgIpc) is 3.77. The number of unbranched alkanes of at least 4 members (excludes halogenated alkanes) is 24. The van der Waals surface area contributed by atoms with Gasteiger partial charge in [0.05, 0.1) is 25.2 Å². The number of esters is 2. The summed E-state index contributed by atoms with van der Waals surface area (Å²) < 4.78 is 17.2. The molecule has 3 unspecified atom stereocenters. The molecule has 5 heteroatoms. The third kappa shape index (κ3) is 16.2. The van der Waals surface area contributed by atoms with Gasteiger partial charge in [-0.1, -0.05) is 168 Å². The van der Waals surface area contributed by atoms with E-state index in [1.165, 1.54) is 141 Å². The summed E-state index contributed by atoms with van der Waals surface area (Å²) in [5.74, 6) is -1.11. The lowest BCUT2D eigenvalue weighted by molar-refractivity contribution is -0.163. The Morgan fingerprint density at radius 3 is 1.33 bits per heavy atom. The fourth-order valence-electron chi connectivity index (χ4n) is 6.91. The molecule has 0 N–H and O–H groups in total. The van der Waals surface area contributed by atoms with Crippen LogP contribution in [0.2, 0.25) is 0 Å². The van der Waals surface area contributed by atoms with Crippen LogP contribution in [0.5, 0.6) is 0 Å². The first-order valence-electron chi connectivity index (χ1n) is 19.2. The van der Waals surface area contributed by atoms with Gasteiger partial charge in [-0.2, -0.15) is 0 Å². The van der Waals surface area contributed by atoms with Crippen molar-refractivity contribution in [3.8, 4) is 0 Å². The van der Waals surface area contributed by atoms with E-state index in [0.29, 0.717) is 19.6 Å². The molecule has 43 heavy (non-hydrogen) atoms. The summed E-state index contributed by atoms with van der Waals surface area (Å²) in [6.45, 7) is 5.41.